The lowest BCUT2D eigenvalue weighted by Gasteiger charge is -2.09. The van der Waals surface area contributed by atoms with Gasteiger partial charge in [-0.1, -0.05) is 60.1 Å². The second-order valence-electron chi connectivity index (χ2n) is 7.67. The van der Waals surface area contributed by atoms with Gasteiger partial charge < -0.3 is 9.88 Å². The van der Waals surface area contributed by atoms with Gasteiger partial charge in [0, 0.05) is 39.4 Å². The molecule has 1 N–H and O–H groups in total. The van der Waals surface area contributed by atoms with Crippen molar-refractivity contribution in [2.45, 2.75) is 20.4 Å². The number of anilines is 1. The molecule has 1 aromatic heterocycles. The number of nitriles is 1. The number of fused-ring (bicyclic) bond motifs is 1. The highest BCUT2D eigenvalue weighted by molar-refractivity contribution is 6.30. The summed E-state index contributed by atoms with van der Waals surface area (Å²) in [7, 11) is 0. The molecule has 3 aromatic carbocycles. The molecule has 0 atom stereocenters. The summed E-state index contributed by atoms with van der Waals surface area (Å²) >= 11 is 6.01. The van der Waals surface area contributed by atoms with E-state index in [2.05, 4.69) is 34.2 Å². The summed E-state index contributed by atoms with van der Waals surface area (Å²) in [5.74, 6) is -0.447. The highest BCUT2D eigenvalue weighted by Gasteiger charge is 2.16. The summed E-state index contributed by atoms with van der Waals surface area (Å²) in [5.41, 5.74) is 5.62. The molecule has 1 amide bonds. The molecule has 0 aliphatic heterocycles. The predicted molar refractivity (Wildman–Crippen MR) is 131 cm³/mol. The third-order valence-electron chi connectivity index (χ3n) is 5.55. The SMILES string of the molecule is Cc1cc(Cl)ccc1NC(=O)/C(C#N)=C/c1c(C)n(Cc2ccccc2)c2ccccc12. The Balaban J connectivity index is 1.74. The van der Waals surface area contributed by atoms with Crippen molar-refractivity contribution in [2.75, 3.05) is 5.32 Å². The minimum atomic E-state index is -0.447. The Labute approximate surface area is 192 Å². The van der Waals surface area contributed by atoms with Crippen LogP contribution in [0, 0.1) is 25.2 Å². The van der Waals surface area contributed by atoms with E-state index in [0.717, 1.165) is 27.7 Å². The first-order valence-electron chi connectivity index (χ1n) is 10.3. The maximum atomic E-state index is 12.9. The second kappa shape index (κ2) is 9.13. The fourth-order valence-corrected chi connectivity index (χ4v) is 4.09. The molecule has 4 nitrogen and oxygen atoms in total. The number of para-hydroxylation sites is 1. The van der Waals surface area contributed by atoms with Crippen LogP contribution in [0.4, 0.5) is 5.69 Å². The van der Waals surface area contributed by atoms with Crippen molar-refractivity contribution in [2.24, 2.45) is 0 Å². The zero-order chi connectivity index (χ0) is 22.7. The van der Waals surface area contributed by atoms with Crippen LogP contribution in [0.25, 0.3) is 17.0 Å². The van der Waals surface area contributed by atoms with Crippen molar-refractivity contribution < 1.29 is 4.79 Å². The largest absolute Gasteiger partial charge is 0.340 e. The van der Waals surface area contributed by atoms with Crippen LogP contribution in [0.1, 0.15) is 22.4 Å². The zero-order valence-corrected chi connectivity index (χ0v) is 18.6. The first-order valence-corrected chi connectivity index (χ1v) is 10.7. The second-order valence-corrected chi connectivity index (χ2v) is 8.11. The monoisotopic (exact) mass is 439 g/mol. The molecule has 0 saturated heterocycles. The number of carbonyl (C=O) groups excluding carboxylic acids is 1. The van der Waals surface area contributed by atoms with Crippen molar-refractivity contribution in [1.82, 2.24) is 4.57 Å². The standard InChI is InChI=1S/C27H22ClN3O/c1-18-14-22(28)12-13-25(18)30-27(32)21(16-29)15-24-19(2)31(17-20-8-4-3-5-9-20)26-11-7-6-10-23(24)26/h3-15H,17H2,1-2H3,(H,30,32)/b21-15+. The molecule has 0 saturated carbocycles. The number of halogens is 1. The molecule has 0 aliphatic carbocycles. The molecule has 32 heavy (non-hydrogen) atoms. The molecule has 0 radical (unpaired) electrons. The maximum absolute atomic E-state index is 12.9. The van der Waals surface area contributed by atoms with Crippen LogP contribution in [0.15, 0.2) is 78.4 Å². The highest BCUT2D eigenvalue weighted by Crippen LogP contribution is 2.29. The summed E-state index contributed by atoms with van der Waals surface area (Å²) in [6.07, 6.45) is 1.68. The van der Waals surface area contributed by atoms with Crippen LogP contribution in [0.2, 0.25) is 5.02 Å². The number of carbonyl (C=O) groups is 1. The third-order valence-corrected chi connectivity index (χ3v) is 5.79. The van der Waals surface area contributed by atoms with Gasteiger partial charge >= 0.3 is 0 Å². The van der Waals surface area contributed by atoms with Crippen molar-refractivity contribution in [3.05, 3.63) is 106 Å². The normalized spacial score (nSPS) is 11.4. The molecule has 4 aromatic rings. The van der Waals surface area contributed by atoms with Gasteiger partial charge in [-0.25, -0.2) is 0 Å². The Bertz CT molecular complexity index is 1380. The number of hydrogen-bond acceptors (Lipinski definition) is 2. The van der Waals surface area contributed by atoms with E-state index in [9.17, 15) is 10.1 Å². The third kappa shape index (κ3) is 4.30. The van der Waals surface area contributed by atoms with Gasteiger partial charge in [-0.2, -0.15) is 5.26 Å². The van der Waals surface area contributed by atoms with Crippen LogP contribution < -0.4 is 5.32 Å². The summed E-state index contributed by atoms with van der Waals surface area (Å²) < 4.78 is 2.22. The fourth-order valence-electron chi connectivity index (χ4n) is 3.86. The Hall–Kier alpha value is -3.81. The van der Waals surface area contributed by atoms with E-state index in [-0.39, 0.29) is 5.57 Å². The number of aromatic nitrogens is 1. The Morgan fingerprint density at radius 2 is 1.78 bits per heavy atom. The van der Waals surface area contributed by atoms with Crippen LogP contribution in [-0.4, -0.2) is 10.5 Å². The van der Waals surface area contributed by atoms with E-state index in [4.69, 9.17) is 11.6 Å². The summed E-state index contributed by atoms with van der Waals surface area (Å²) in [4.78, 5) is 12.9. The minimum absolute atomic E-state index is 0.0464. The lowest BCUT2D eigenvalue weighted by atomic mass is 10.1. The van der Waals surface area contributed by atoms with Crippen molar-refractivity contribution in [3.8, 4) is 6.07 Å². The Morgan fingerprint density at radius 3 is 2.50 bits per heavy atom. The quantitative estimate of drug-likeness (QED) is 0.285. The fraction of sp³-hybridized carbons (Fsp3) is 0.111. The Morgan fingerprint density at radius 1 is 1.06 bits per heavy atom. The number of rotatable bonds is 5. The van der Waals surface area contributed by atoms with Crippen molar-refractivity contribution >= 4 is 40.2 Å². The summed E-state index contributed by atoms with van der Waals surface area (Å²) in [6.45, 7) is 4.59. The molecule has 0 spiro atoms. The van der Waals surface area contributed by atoms with Crippen molar-refractivity contribution in [3.63, 3.8) is 0 Å². The molecule has 158 valence electrons. The van der Waals surface area contributed by atoms with Gasteiger partial charge in [0.05, 0.1) is 0 Å². The molecule has 5 heteroatoms. The number of nitrogens with zero attached hydrogens (tertiary/aromatic N) is 2. The molecule has 0 unspecified atom stereocenters. The summed E-state index contributed by atoms with van der Waals surface area (Å²) in [5, 5.41) is 14.2. The average molecular weight is 440 g/mol. The van der Waals surface area contributed by atoms with Crippen LogP contribution in [0.3, 0.4) is 0 Å². The van der Waals surface area contributed by atoms with Gasteiger partial charge in [0.25, 0.3) is 5.91 Å². The number of nitrogens with one attached hydrogen (secondary N) is 1. The summed E-state index contributed by atoms with van der Waals surface area (Å²) in [6, 6.07) is 25.6. The van der Waals surface area contributed by atoms with Gasteiger partial charge in [-0.15, -0.1) is 0 Å². The smallest absolute Gasteiger partial charge is 0.266 e. The van der Waals surface area contributed by atoms with Crippen LogP contribution >= 0.6 is 11.6 Å². The molecule has 0 fully saturated rings. The Kier molecular flexibility index (Phi) is 6.11. The number of hydrogen-bond donors (Lipinski definition) is 1. The molecule has 0 bridgehead atoms. The molecule has 4 rings (SSSR count). The van der Waals surface area contributed by atoms with Crippen LogP contribution in [0.5, 0.6) is 0 Å². The lowest BCUT2D eigenvalue weighted by Crippen LogP contribution is -2.14. The number of aryl methyl sites for hydroxylation is 1. The van der Waals surface area contributed by atoms with E-state index in [1.54, 1.807) is 24.3 Å². The van der Waals surface area contributed by atoms with E-state index in [0.29, 0.717) is 17.3 Å². The van der Waals surface area contributed by atoms with E-state index in [1.165, 1.54) is 5.56 Å². The zero-order valence-electron chi connectivity index (χ0n) is 17.9. The number of benzene rings is 3. The van der Waals surface area contributed by atoms with E-state index >= 15 is 0 Å². The maximum Gasteiger partial charge on any atom is 0.266 e. The molecular weight excluding hydrogens is 418 g/mol. The van der Waals surface area contributed by atoms with E-state index < -0.39 is 5.91 Å². The predicted octanol–water partition coefficient (Wildman–Crippen LogP) is 6.51. The van der Waals surface area contributed by atoms with E-state index in [1.807, 2.05) is 50.2 Å². The minimum Gasteiger partial charge on any atom is -0.340 e. The molecular formula is C27H22ClN3O. The van der Waals surface area contributed by atoms with Gasteiger partial charge in [0.2, 0.25) is 0 Å². The molecule has 0 aliphatic rings. The van der Waals surface area contributed by atoms with Crippen LogP contribution in [-0.2, 0) is 11.3 Å². The van der Waals surface area contributed by atoms with Gasteiger partial charge in [-0.3, -0.25) is 4.79 Å². The highest BCUT2D eigenvalue weighted by atomic mass is 35.5. The molecule has 1 heterocycles. The topological polar surface area (TPSA) is 57.8 Å². The first-order chi connectivity index (χ1) is 15.5. The first kappa shape index (κ1) is 21.4. The number of amides is 1. The average Bonchev–Trinajstić information content (AvgIpc) is 3.05. The van der Waals surface area contributed by atoms with Gasteiger partial charge in [0.1, 0.15) is 11.6 Å². The van der Waals surface area contributed by atoms with Gasteiger partial charge in [0.15, 0.2) is 0 Å². The lowest BCUT2D eigenvalue weighted by molar-refractivity contribution is -0.112. The van der Waals surface area contributed by atoms with Crippen molar-refractivity contribution in [1.29, 1.82) is 5.26 Å². The van der Waals surface area contributed by atoms with Gasteiger partial charge in [-0.05, 0) is 55.3 Å².